The van der Waals surface area contributed by atoms with Crippen molar-refractivity contribution in [3.8, 4) is 11.5 Å². The highest BCUT2D eigenvalue weighted by atomic mass is 32.2. The van der Waals surface area contributed by atoms with Crippen LogP contribution < -0.4 is 14.8 Å². The zero-order valence-corrected chi connectivity index (χ0v) is 19.6. The fourth-order valence-electron chi connectivity index (χ4n) is 3.58. The van der Waals surface area contributed by atoms with Crippen LogP contribution in [-0.2, 0) is 14.8 Å². The van der Waals surface area contributed by atoms with E-state index in [1.165, 1.54) is 4.31 Å². The highest BCUT2D eigenvalue weighted by molar-refractivity contribution is 7.89. The van der Waals surface area contributed by atoms with E-state index in [-0.39, 0.29) is 17.2 Å². The Labute approximate surface area is 190 Å². The Balaban J connectivity index is 1.51. The van der Waals surface area contributed by atoms with Crippen molar-refractivity contribution in [2.24, 2.45) is 0 Å². The van der Waals surface area contributed by atoms with E-state index in [2.05, 4.69) is 5.32 Å². The topological polar surface area (TPSA) is 84.9 Å². The molecular weight excluding hydrogens is 428 g/mol. The lowest BCUT2D eigenvalue weighted by Crippen LogP contribution is -2.35. The van der Waals surface area contributed by atoms with E-state index in [0.29, 0.717) is 38.4 Å². The van der Waals surface area contributed by atoms with Gasteiger partial charge in [-0.1, -0.05) is 12.5 Å². The van der Waals surface area contributed by atoms with Gasteiger partial charge < -0.3 is 14.8 Å². The molecule has 32 heavy (non-hydrogen) atoms. The molecule has 1 heterocycles. The number of carbonyl (C=O) groups is 1. The van der Waals surface area contributed by atoms with E-state index in [1.54, 1.807) is 18.2 Å². The largest absolute Gasteiger partial charge is 0.494 e. The summed E-state index contributed by atoms with van der Waals surface area (Å²) in [5.41, 5.74) is 1.35. The smallest absolute Gasteiger partial charge is 0.243 e. The Morgan fingerprint density at radius 2 is 1.66 bits per heavy atom. The number of rotatable bonds is 10. The Bertz CT molecular complexity index is 1000. The van der Waals surface area contributed by atoms with Crippen molar-refractivity contribution in [3.05, 3.63) is 48.0 Å². The number of nitrogens with one attached hydrogen (secondary N) is 1. The third kappa shape index (κ3) is 6.46. The number of aryl methyl sites for hydroxylation is 1. The monoisotopic (exact) mass is 460 g/mol. The van der Waals surface area contributed by atoms with E-state index in [0.717, 1.165) is 36.3 Å². The van der Waals surface area contributed by atoms with Gasteiger partial charge in [-0.25, -0.2) is 8.42 Å². The Morgan fingerprint density at radius 3 is 2.31 bits per heavy atom. The van der Waals surface area contributed by atoms with Crippen molar-refractivity contribution < 1.29 is 22.7 Å². The first-order valence-corrected chi connectivity index (χ1v) is 12.6. The molecule has 0 saturated carbocycles. The summed E-state index contributed by atoms with van der Waals surface area (Å²) in [6.45, 7) is 5.90. The quantitative estimate of drug-likeness (QED) is 0.532. The van der Waals surface area contributed by atoms with Crippen LogP contribution in [0.2, 0.25) is 0 Å². The lowest BCUT2D eigenvalue weighted by atomic mass is 10.2. The van der Waals surface area contributed by atoms with Crippen LogP contribution in [0, 0.1) is 6.92 Å². The molecule has 0 aromatic heterocycles. The average Bonchev–Trinajstić information content (AvgIpc) is 2.80. The van der Waals surface area contributed by atoms with Crippen LogP contribution in [0.15, 0.2) is 47.4 Å². The number of benzene rings is 2. The maximum absolute atomic E-state index is 12.9. The summed E-state index contributed by atoms with van der Waals surface area (Å²) in [7, 11) is -3.54. The molecule has 1 fully saturated rings. The van der Waals surface area contributed by atoms with Gasteiger partial charge in [0.1, 0.15) is 11.5 Å². The van der Waals surface area contributed by atoms with Gasteiger partial charge in [0.05, 0.1) is 18.1 Å². The SMILES string of the molecule is CCOc1ccc(OCCCC(=O)Nc2cc(S(=O)(=O)N3CCCCC3)ccc2C)cc1. The Kier molecular flexibility index (Phi) is 8.53. The minimum absolute atomic E-state index is 0.170. The van der Waals surface area contributed by atoms with Gasteiger partial charge in [0.2, 0.25) is 15.9 Å². The molecule has 174 valence electrons. The summed E-state index contributed by atoms with van der Waals surface area (Å²) in [4.78, 5) is 12.6. The molecule has 8 heteroatoms. The minimum atomic E-state index is -3.54. The van der Waals surface area contributed by atoms with Crippen LogP contribution in [-0.4, -0.2) is 44.9 Å². The summed E-state index contributed by atoms with van der Waals surface area (Å²) in [5, 5.41) is 2.85. The van der Waals surface area contributed by atoms with Crippen LogP contribution in [0.25, 0.3) is 0 Å². The van der Waals surface area contributed by atoms with Crippen LogP contribution in [0.4, 0.5) is 5.69 Å². The lowest BCUT2D eigenvalue weighted by Gasteiger charge is -2.26. The zero-order valence-electron chi connectivity index (χ0n) is 18.8. The first kappa shape index (κ1) is 24.1. The van der Waals surface area contributed by atoms with Crippen LogP contribution in [0.1, 0.15) is 44.6 Å². The third-order valence-electron chi connectivity index (χ3n) is 5.39. The molecule has 0 spiro atoms. The third-order valence-corrected chi connectivity index (χ3v) is 7.28. The molecular formula is C24H32N2O5S. The number of carbonyl (C=O) groups excluding carboxylic acids is 1. The van der Waals surface area contributed by atoms with E-state index >= 15 is 0 Å². The fraction of sp³-hybridized carbons (Fsp3) is 0.458. The average molecular weight is 461 g/mol. The van der Waals surface area contributed by atoms with E-state index < -0.39 is 10.0 Å². The summed E-state index contributed by atoms with van der Waals surface area (Å²) in [5.74, 6) is 1.34. The van der Waals surface area contributed by atoms with Crippen molar-refractivity contribution >= 4 is 21.6 Å². The first-order chi connectivity index (χ1) is 15.4. The van der Waals surface area contributed by atoms with Crippen molar-refractivity contribution in [2.75, 3.05) is 31.6 Å². The number of nitrogens with zero attached hydrogens (tertiary/aromatic N) is 1. The standard InChI is InChI=1S/C24H32N2O5S/c1-3-30-20-10-12-21(13-11-20)31-17-7-8-24(27)25-23-18-22(14-9-19(23)2)32(28,29)26-15-5-4-6-16-26/h9-14,18H,3-8,15-17H2,1-2H3,(H,25,27). The van der Waals surface area contributed by atoms with Crippen LogP contribution in [0.5, 0.6) is 11.5 Å². The van der Waals surface area contributed by atoms with Crippen molar-refractivity contribution in [2.45, 2.75) is 50.8 Å². The molecule has 1 aliphatic rings. The molecule has 0 radical (unpaired) electrons. The first-order valence-electron chi connectivity index (χ1n) is 11.2. The number of piperidine rings is 1. The van der Waals surface area contributed by atoms with Gasteiger partial charge in [-0.2, -0.15) is 4.31 Å². The molecule has 0 bridgehead atoms. The number of hydrogen-bond acceptors (Lipinski definition) is 5. The summed E-state index contributed by atoms with van der Waals surface area (Å²) < 4.78 is 38.5. The normalized spacial score (nSPS) is 14.7. The van der Waals surface area contributed by atoms with Gasteiger partial charge in [0, 0.05) is 25.2 Å². The van der Waals surface area contributed by atoms with Gasteiger partial charge in [-0.05, 0) is 75.1 Å². The number of anilines is 1. The molecule has 1 amide bonds. The van der Waals surface area contributed by atoms with E-state index in [9.17, 15) is 13.2 Å². The van der Waals surface area contributed by atoms with Crippen molar-refractivity contribution in [3.63, 3.8) is 0 Å². The minimum Gasteiger partial charge on any atom is -0.494 e. The maximum Gasteiger partial charge on any atom is 0.243 e. The summed E-state index contributed by atoms with van der Waals surface area (Å²) in [6.07, 6.45) is 3.65. The summed E-state index contributed by atoms with van der Waals surface area (Å²) >= 11 is 0. The molecule has 0 atom stereocenters. The lowest BCUT2D eigenvalue weighted by molar-refractivity contribution is -0.116. The predicted octanol–water partition coefficient (Wildman–Crippen LogP) is 4.37. The van der Waals surface area contributed by atoms with Gasteiger partial charge >= 0.3 is 0 Å². The second kappa shape index (κ2) is 11.3. The number of hydrogen-bond donors (Lipinski definition) is 1. The Morgan fingerprint density at radius 1 is 1.00 bits per heavy atom. The van der Waals surface area contributed by atoms with Gasteiger partial charge in [0.25, 0.3) is 0 Å². The van der Waals surface area contributed by atoms with E-state index in [1.807, 2.05) is 38.1 Å². The molecule has 2 aromatic rings. The fourth-order valence-corrected chi connectivity index (χ4v) is 5.13. The second-order valence-electron chi connectivity index (χ2n) is 7.85. The van der Waals surface area contributed by atoms with Gasteiger partial charge in [-0.3, -0.25) is 4.79 Å². The van der Waals surface area contributed by atoms with Crippen molar-refractivity contribution in [1.82, 2.24) is 4.31 Å². The van der Waals surface area contributed by atoms with Crippen molar-refractivity contribution in [1.29, 1.82) is 0 Å². The molecule has 0 aliphatic carbocycles. The molecule has 2 aromatic carbocycles. The molecule has 1 N–H and O–H groups in total. The Hall–Kier alpha value is -2.58. The number of amides is 1. The molecule has 1 aliphatic heterocycles. The van der Waals surface area contributed by atoms with Gasteiger partial charge in [0.15, 0.2) is 0 Å². The predicted molar refractivity (Wildman–Crippen MR) is 125 cm³/mol. The number of ether oxygens (including phenoxy) is 2. The maximum atomic E-state index is 12.9. The highest BCUT2D eigenvalue weighted by Crippen LogP contribution is 2.25. The van der Waals surface area contributed by atoms with Crippen LogP contribution >= 0.6 is 0 Å². The van der Waals surface area contributed by atoms with E-state index in [4.69, 9.17) is 9.47 Å². The molecule has 7 nitrogen and oxygen atoms in total. The van der Waals surface area contributed by atoms with Crippen LogP contribution in [0.3, 0.4) is 0 Å². The van der Waals surface area contributed by atoms with Gasteiger partial charge in [-0.15, -0.1) is 0 Å². The number of sulfonamides is 1. The second-order valence-corrected chi connectivity index (χ2v) is 9.78. The highest BCUT2D eigenvalue weighted by Gasteiger charge is 2.26. The molecule has 0 unspecified atom stereocenters. The summed E-state index contributed by atoms with van der Waals surface area (Å²) in [6, 6.07) is 12.3. The molecule has 1 saturated heterocycles. The molecule has 3 rings (SSSR count). The zero-order chi connectivity index (χ0) is 23.0.